The van der Waals surface area contributed by atoms with Gasteiger partial charge in [-0.05, 0) is 12.1 Å². The Kier molecular flexibility index (Phi) is 3.96. The van der Waals surface area contributed by atoms with E-state index in [1.807, 2.05) is 23.9 Å². The number of methoxy groups -OCH3 is 1. The summed E-state index contributed by atoms with van der Waals surface area (Å²) < 4.78 is 5.25. The van der Waals surface area contributed by atoms with Gasteiger partial charge in [-0.3, -0.25) is 0 Å². The van der Waals surface area contributed by atoms with E-state index in [1.165, 1.54) is 11.4 Å². The maximum atomic E-state index is 5.82. The summed E-state index contributed by atoms with van der Waals surface area (Å²) in [5, 5.41) is 0. The van der Waals surface area contributed by atoms with Crippen molar-refractivity contribution >= 4 is 17.4 Å². The van der Waals surface area contributed by atoms with Crippen LogP contribution in [0.15, 0.2) is 24.3 Å². The van der Waals surface area contributed by atoms with Gasteiger partial charge >= 0.3 is 0 Å². The Hall–Kier alpha value is -0.870. The van der Waals surface area contributed by atoms with Crippen molar-refractivity contribution in [2.45, 2.75) is 6.04 Å². The third-order valence-corrected chi connectivity index (χ3v) is 3.98. The molecule has 0 bridgehead atoms. The molecule has 1 atom stereocenters. The van der Waals surface area contributed by atoms with Crippen LogP contribution in [0.5, 0.6) is 5.75 Å². The molecule has 16 heavy (non-hydrogen) atoms. The van der Waals surface area contributed by atoms with Crippen LogP contribution in [0, 0.1) is 0 Å². The quantitative estimate of drug-likeness (QED) is 0.867. The standard InChI is InChI=1S/C12H18N2OS/c1-15-12-4-2-3-10(7-12)14-5-6-16-9-11(14)8-13/h2-4,7,11H,5-6,8-9,13H2,1H3. The fourth-order valence-corrected chi connectivity index (χ4v) is 3.06. The Balaban J connectivity index is 2.20. The number of benzene rings is 1. The molecule has 1 heterocycles. The van der Waals surface area contributed by atoms with E-state index in [-0.39, 0.29) is 0 Å². The molecular formula is C12H18N2OS. The molecule has 88 valence electrons. The number of thioether (sulfide) groups is 1. The summed E-state index contributed by atoms with van der Waals surface area (Å²) in [4.78, 5) is 2.39. The topological polar surface area (TPSA) is 38.5 Å². The number of nitrogens with zero attached hydrogens (tertiary/aromatic N) is 1. The van der Waals surface area contributed by atoms with Gasteiger partial charge in [-0.2, -0.15) is 11.8 Å². The molecule has 1 aliphatic rings. The minimum Gasteiger partial charge on any atom is -0.497 e. The molecule has 0 amide bonds. The normalized spacial score (nSPS) is 20.9. The van der Waals surface area contributed by atoms with E-state index >= 15 is 0 Å². The fourth-order valence-electron chi connectivity index (χ4n) is 1.98. The van der Waals surface area contributed by atoms with E-state index in [0.29, 0.717) is 12.6 Å². The summed E-state index contributed by atoms with van der Waals surface area (Å²) in [6.07, 6.45) is 0. The molecule has 1 aromatic rings. The molecule has 2 N–H and O–H groups in total. The van der Waals surface area contributed by atoms with E-state index in [1.54, 1.807) is 7.11 Å². The average Bonchev–Trinajstić information content (AvgIpc) is 2.38. The number of anilines is 1. The average molecular weight is 238 g/mol. The third kappa shape index (κ3) is 2.44. The van der Waals surface area contributed by atoms with Gasteiger partial charge in [0.25, 0.3) is 0 Å². The molecule has 1 fully saturated rings. The maximum Gasteiger partial charge on any atom is 0.120 e. The lowest BCUT2D eigenvalue weighted by atomic mass is 10.2. The predicted molar refractivity (Wildman–Crippen MR) is 70.5 cm³/mol. The summed E-state index contributed by atoms with van der Waals surface area (Å²) in [6.45, 7) is 1.78. The molecule has 1 aromatic carbocycles. The van der Waals surface area contributed by atoms with E-state index in [0.717, 1.165) is 18.0 Å². The number of nitrogens with two attached hydrogens (primary N) is 1. The smallest absolute Gasteiger partial charge is 0.120 e. The Morgan fingerprint density at radius 1 is 1.56 bits per heavy atom. The van der Waals surface area contributed by atoms with Crippen molar-refractivity contribution < 1.29 is 4.74 Å². The highest BCUT2D eigenvalue weighted by Gasteiger charge is 2.21. The summed E-state index contributed by atoms with van der Waals surface area (Å²) in [6, 6.07) is 8.66. The van der Waals surface area contributed by atoms with Crippen LogP contribution in [-0.4, -0.2) is 37.7 Å². The van der Waals surface area contributed by atoms with Gasteiger partial charge in [0.15, 0.2) is 0 Å². The van der Waals surface area contributed by atoms with Crippen LogP contribution in [0.2, 0.25) is 0 Å². The predicted octanol–water partition coefficient (Wildman–Crippen LogP) is 1.58. The van der Waals surface area contributed by atoms with Gasteiger partial charge in [-0.15, -0.1) is 0 Å². The zero-order valence-corrected chi connectivity index (χ0v) is 10.4. The molecule has 0 aliphatic carbocycles. The molecule has 3 nitrogen and oxygen atoms in total. The number of rotatable bonds is 3. The molecule has 1 aliphatic heterocycles. The van der Waals surface area contributed by atoms with Crippen molar-refractivity contribution in [2.75, 3.05) is 36.6 Å². The van der Waals surface area contributed by atoms with Crippen LogP contribution in [0.25, 0.3) is 0 Å². The zero-order chi connectivity index (χ0) is 11.4. The number of hydrogen-bond acceptors (Lipinski definition) is 4. The molecule has 0 radical (unpaired) electrons. The molecule has 0 saturated carbocycles. The van der Waals surface area contributed by atoms with E-state index in [4.69, 9.17) is 10.5 Å². The van der Waals surface area contributed by atoms with Crippen LogP contribution in [0.4, 0.5) is 5.69 Å². The SMILES string of the molecule is COc1cccc(N2CCSCC2CN)c1. The molecule has 4 heteroatoms. The Morgan fingerprint density at radius 2 is 2.44 bits per heavy atom. The molecular weight excluding hydrogens is 220 g/mol. The molecule has 0 aromatic heterocycles. The van der Waals surface area contributed by atoms with Crippen molar-refractivity contribution in [1.82, 2.24) is 0 Å². The molecule has 1 unspecified atom stereocenters. The molecule has 2 rings (SSSR count). The fraction of sp³-hybridized carbons (Fsp3) is 0.500. The number of hydrogen-bond donors (Lipinski definition) is 1. The van der Waals surface area contributed by atoms with Gasteiger partial charge in [-0.25, -0.2) is 0 Å². The van der Waals surface area contributed by atoms with Gasteiger partial charge in [0.2, 0.25) is 0 Å². The summed E-state index contributed by atoms with van der Waals surface area (Å²) in [5.74, 6) is 3.20. The first-order valence-corrected chi connectivity index (χ1v) is 6.69. The van der Waals surface area contributed by atoms with E-state index in [9.17, 15) is 0 Å². The minimum absolute atomic E-state index is 0.450. The lowest BCUT2D eigenvalue weighted by Gasteiger charge is -2.36. The Morgan fingerprint density at radius 3 is 3.19 bits per heavy atom. The van der Waals surface area contributed by atoms with Crippen LogP contribution in [-0.2, 0) is 0 Å². The van der Waals surface area contributed by atoms with Gasteiger partial charge in [-0.1, -0.05) is 6.07 Å². The summed E-state index contributed by atoms with van der Waals surface area (Å²) in [5.41, 5.74) is 7.03. The van der Waals surface area contributed by atoms with Gasteiger partial charge in [0.05, 0.1) is 13.2 Å². The lowest BCUT2D eigenvalue weighted by molar-refractivity contribution is 0.414. The van der Waals surface area contributed by atoms with Crippen molar-refractivity contribution in [1.29, 1.82) is 0 Å². The van der Waals surface area contributed by atoms with Crippen LogP contribution in [0.3, 0.4) is 0 Å². The third-order valence-electron chi connectivity index (χ3n) is 2.88. The first kappa shape index (κ1) is 11.6. The monoisotopic (exact) mass is 238 g/mol. The maximum absolute atomic E-state index is 5.82. The highest BCUT2D eigenvalue weighted by atomic mass is 32.2. The first-order chi connectivity index (χ1) is 7.85. The van der Waals surface area contributed by atoms with Gasteiger partial charge in [0, 0.05) is 36.3 Å². The van der Waals surface area contributed by atoms with Crippen molar-refractivity contribution in [3.8, 4) is 5.75 Å². The second-order valence-electron chi connectivity index (χ2n) is 3.86. The lowest BCUT2D eigenvalue weighted by Crippen LogP contribution is -2.46. The molecule has 0 spiro atoms. The van der Waals surface area contributed by atoms with Crippen molar-refractivity contribution in [2.24, 2.45) is 5.73 Å². The van der Waals surface area contributed by atoms with Crippen LogP contribution in [0.1, 0.15) is 0 Å². The summed E-state index contributed by atoms with van der Waals surface area (Å²) >= 11 is 1.98. The number of ether oxygens (including phenoxy) is 1. The minimum atomic E-state index is 0.450. The van der Waals surface area contributed by atoms with Gasteiger partial charge in [0.1, 0.15) is 5.75 Å². The highest BCUT2D eigenvalue weighted by Crippen LogP contribution is 2.26. The van der Waals surface area contributed by atoms with E-state index in [2.05, 4.69) is 17.0 Å². The second kappa shape index (κ2) is 5.46. The van der Waals surface area contributed by atoms with Crippen molar-refractivity contribution in [3.63, 3.8) is 0 Å². The van der Waals surface area contributed by atoms with Crippen molar-refractivity contribution in [3.05, 3.63) is 24.3 Å². The van der Waals surface area contributed by atoms with E-state index < -0.39 is 0 Å². The second-order valence-corrected chi connectivity index (χ2v) is 5.01. The first-order valence-electron chi connectivity index (χ1n) is 5.53. The Bertz CT molecular complexity index is 346. The molecule has 1 saturated heterocycles. The van der Waals surface area contributed by atoms with Crippen LogP contribution < -0.4 is 15.4 Å². The van der Waals surface area contributed by atoms with Crippen LogP contribution >= 0.6 is 11.8 Å². The summed E-state index contributed by atoms with van der Waals surface area (Å²) in [7, 11) is 1.70. The zero-order valence-electron chi connectivity index (χ0n) is 9.56. The highest BCUT2D eigenvalue weighted by molar-refractivity contribution is 7.99. The largest absolute Gasteiger partial charge is 0.497 e. The van der Waals surface area contributed by atoms with Gasteiger partial charge < -0.3 is 15.4 Å². The Labute approximate surface area is 101 Å².